The Morgan fingerprint density at radius 1 is 0.182 bits per heavy atom. The van der Waals surface area contributed by atoms with Gasteiger partial charge >= 0.3 is 394 Å². The molecule has 0 saturated carbocycles. The van der Waals surface area contributed by atoms with Gasteiger partial charge in [0.2, 0.25) is 0 Å². The standard InChI is InChI=1S/12CN.2Fe.7K/c12*1-2;;;;;;;;;/q12*-1;+2;+3;7*+1. The van der Waals surface area contributed by atoms with E-state index < -0.39 is 0 Å². The topological polar surface area (TPSA) is 285 Å². The summed E-state index contributed by atoms with van der Waals surface area (Å²) in [4.78, 5) is 0. The first-order valence-corrected chi connectivity index (χ1v) is 2.68. The van der Waals surface area contributed by atoms with Crippen LogP contribution in [0.3, 0.4) is 0 Å². The molecule has 0 rings (SSSR count). The van der Waals surface area contributed by atoms with Crippen molar-refractivity contribution >= 4 is 0 Å². The molecule has 0 atom stereocenters. The summed E-state index contributed by atoms with van der Waals surface area (Å²) in [5, 5.41) is 75.0. The Bertz CT molecular complexity index is 245. The molecule has 0 aromatic carbocycles. The van der Waals surface area contributed by atoms with Crippen molar-refractivity contribution in [3.63, 3.8) is 0 Å². The van der Waals surface area contributed by atoms with Crippen molar-refractivity contribution in [2.75, 3.05) is 0 Å². The fraction of sp³-hybridized carbons (Fsp3) is 0. The molecule has 0 amide bonds. The molecule has 0 N–H and O–H groups in total. The van der Waals surface area contributed by atoms with Gasteiger partial charge in [0.15, 0.2) is 0 Å². The number of nitrogens with zero attached hydrogens (tertiary/aromatic N) is 12. The first kappa shape index (κ1) is 172. The quantitative estimate of drug-likeness (QED) is 0.168. The number of rotatable bonds is 0. The average Bonchev–Trinajstić information content (AvgIpc) is 2.84. The fourth-order valence-corrected chi connectivity index (χ4v) is 0. The Labute approximate surface area is 518 Å². The van der Waals surface area contributed by atoms with E-state index in [0.717, 1.165) is 0 Å². The van der Waals surface area contributed by atoms with E-state index in [9.17, 15) is 0 Å². The first-order valence-electron chi connectivity index (χ1n) is 2.68. The van der Waals surface area contributed by atoms with Gasteiger partial charge < -0.3 is 142 Å². The molecule has 12 nitrogen and oxygen atoms in total. The molecule has 0 fully saturated rings. The molecule has 0 aromatic rings. The van der Waals surface area contributed by atoms with Crippen LogP contribution in [0.5, 0.6) is 0 Å². The van der Waals surface area contributed by atoms with Crippen molar-refractivity contribution in [2.24, 2.45) is 0 Å². The van der Waals surface area contributed by atoms with Gasteiger partial charge in [-0.2, -0.15) is 0 Å². The summed E-state index contributed by atoms with van der Waals surface area (Å²) in [6.45, 7) is 57.0. The second-order valence-electron chi connectivity index (χ2n) is 0. The third-order valence-electron chi connectivity index (χ3n) is 0. The third-order valence-corrected chi connectivity index (χ3v) is 0. The summed E-state index contributed by atoms with van der Waals surface area (Å²) in [6, 6.07) is 0. The van der Waals surface area contributed by atoms with Crippen LogP contribution in [0.1, 0.15) is 0 Å². The van der Waals surface area contributed by atoms with E-state index in [0.29, 0.717) is 0 Å². The number of hydrogen-bond donors (Lipinski definition) is 0. The summed E-state index contributed by atoms with van der Waals surface area (Å²) in [5.74, 6) is 0. The molecule has 0 saturated heterocycles. The minimum Gasteiger partial charge on any atom is -0.512 e. The average molecular weight is 698 g/mol. The Morgan fingerprint density at radius 2 is 0.182 bits per heavy atom. The minimum absolute atomic E-state index is 0. The summed E-state index contributed by atoms with van der Waals surface area (Å²) >= 11 is 0. The third kappa shape index (κ3) is 1250. The van der Waals surface area contributed by atoms with Gasteiger partial charge in [-0.25, -0.2) is 0 Å². The predicted octanol–water partition coefficient (Wildman–Crippen LogP) is -19.8. The van der Waals surface area contributed by atoms with Crippen molar-refractivity contribution in [3.05, 3.63) is 78.9 Å². The monoisotopic (exact) mass is 697 g/mol. The van der Waals surface area contributed by atoms with Gasteiger partial charge in [-0.1, -0.05) is 0 Å². The largest absolute Gasteiger partial charge is 3.00 e. The SMILES string of the molecule is [C-]#N.[C-]#N.[C-]#N.[C-]#N.[C-]#N.[C-]#N.[C-]#N.[C-]#N.[C-]#N.[C-]#N.[C-]#N.[C-]#N.[Fe+2].[Fe+3].[K+].[K+].[K+].[K+].[K+].[K+].[K+]. The van der Waals surface area contributed by atoms with Crippen LogP contribution in [0.4, 0.5) is 0 Å². The molecule has 0 bridgehead atoms. The van der Waals surface area contributed by atoms with E-state index in [2.05, 4.69) is 0 Å². The second kappa shape index (κ2) is 1320. The van der Waals surface area contributed by atoms with E-state index in [1.807, 2.05) is 0 Å². The maximum Gasteiger partial charge on any atom is 3.00 e. The molecule has 0 spiro atoms. The molecule has 0 heterocycles. The van der Waals surface area contributed by atoms with Crippen molar-refractivity contribution < 1.29 is 394 Å². The smallest absolute Gasteiger partial charge is 0.512 e. The maximum atomic E-state index is 6.25. The molecule has 0 unspecified atom stereocenters. The van der Waals surface area contributed by atoms with Crippen molar-refractivity contribution in [1.82, 2.24) is 0 Å². The maximum absolute atomic E-state index is 6.25. The zero-order valence-corrected chi connectivity index (χ0v) is 43.1. The molecule has 0 aliphatic carbocycles. The van der Waals surface area contributed by atoms with Crippen LogP contribution in [-0.4, -0.2) is 0 Å². The van der Waals surface area contributed by atoms with Gasteiger partial charge in [-0.15, -0.1) is 0 Å². The van der Waals surface area contributed by atoms with Crippen molar-refractivity contribution in [1.29, 1.82) is 63.1 Å². The van der Waals surface area contributed by atoms with Crippen LogP contribution in [0.15, 0.2) is 0 Å². The van der Waals surface area contributed by atoms with Crippen LogP contribution in [-0.2, 0) is 34.1 Å². The van der Waals surface area contributed by atoms with E-state index >= 15 is 0 Å². The Hall–Kier alpha value is 6.37. The van der Waals surface area contributed by atoms with Crippen LogP contribution >= 0.6 is 0 Å². The van der Waals surface area contributed by atoms with Gasteiger partial charge in [0.05, 0.1) is 0 Å². The molecule has 0 aliphatic heterocycles. The van der Waals surface area contributed by atoms with Crippen LogP contribution < -0.4 is 360 Å². The van der Waals surface area contributed by atoms with Crippen LogP contribution in [0.2, 0.25) is 0 Å². The van der Waals surface area contributed by atoms with Crippen LogP contribution in [0, 0.1) is 142 Å². The molecule has 33 heavy (non-hydrogen) atoms. The molecule has 0 aliphatic rings. The Balaban J connectivity index is -0.00000000244. The van der Waals surface area contributed by atoms with Gasteiger partial charge in [-0.05, 0) is 0 Å². The molecule has 0 aromatic heterocycles. The number of hydrogen-bond acceptors (Lipinski definition) is 12. The van der Waals surface area contributed by atoms with E-state index in [-0.39, 0.29) is 394 Å². The minimum atomic E-state index is 0. The zero-order chi connectivity index (χ0) is 24.0. The van der Waals surface area contributed by atoms with Gasteiger partial charge in [0, 0.05) is 0 Å². The molecule has 1 radical (unpaired) electrons. The molecule has 21 heteroatoms. The van der Waals surface area contributed by atoms with Crippen LogP contribution in [0.25, 0.3) is 0 Å². The van der Waals surface area contributed by atoms with Gasteiger partial charge in [-0.3, -0.25) is 0 Å². The second-order valence-corrected chi connectivity index (χ2v) is 0. The predicted molar refractivity (Wildman–Crippen MR) is 59.6 cm³/mol. The molecule has 131 valence electrons. The van der Waals surface area contributed by atoms with Crippen molar-refractivity contribution in [2.45, 2.75) is 0 Å². The fourth-order valence-electron chi connectivity index (χ4n) is 0. The van der Waals surface area contributed by atoms with Crippen molar-refractivity contribution in [3.8, 4) is 0 Å². The molecular weight excluding hydrogens is 698 g/mol. The molecular formula is C12Fe2K7N12. The Kier molecular flexibility index (Phi) is 6870. The summed E-state index contributed by atoms with van der Waals surface area (Å²) in [7, 11) is 0. The Morgan fingerprint density at radius 3 is 0.182 bits per heavy atom. The van der Waals surface area contributed by atoms with E-state index in [1.165, 1.54) is 0 Å². The summed E-state index contributed by atoms with van der Waals surface area (Å²) < 4.78 is 0. The van der Waals surface area contributed by atoms with Gasteiger partial charge in [0.1, 0.15) is 0 Å². The normalized spacial score (nSPS) is 0.727. The first-order chi connectivity index (χ1) is 12.0. The van der Waals surface area contributed by atoms with E-state index in [1.54, 1.807) is 0 Å². The summed E-state index contributed by atoms with van der Waals surface area (Å²) in [6.07, 6.45) is 0. The zero-order valence-electron chi connectivity index (χ0n) is 19.1. The van der Waals surface area contributed by atoms with E-state index in [4.69, 9.17) is 142 Å². The summed E-state index contributed by atoms with van der Waals surface area (Å²) in [5.41, 5.74) is 0. The van der Waals surface area contributed by atoms with Gasteiger partial charge in [0.25, 0.3) is 0 Å².